The maximum Gasteiger partial charge on any atom is 0.0913 e. The third-order valence-corrected chi connectivity index (χ3v) is 1.87. The van der Waals surface area contributed by atoms with Crippen molar-refractivity contribution in [2.75, 3.05) is 0 Å². The molecule has 1 heterocycles. The van der Waals surface area contributed by atoms with Gasteiger partial charge in [-0.25, -0.2) is 0 Å². The molecule has 0 fully saturated rings. The van der Waals surface area contributed by atoms with Gasteiger partial charge in [0.25, 0.3) is 0 Å². The SMILES string of the molecule is [B]CCC(N=C(C)N)c1cccnc1. The standard InChI is InChI=1S/C10H14BN3/c1-8(12)14-10(4-5-11)9-3-2-6-13-7-9/h2-3,6-7,10H,4-5H2,1H3,(H2,12,14). The molecule has 1 unspecified atom stereocenters. The van der Waals surface area contributed by atoms with Crippen molar-refractivity contribution in [3.63, 3.8) is 0 Å². The summed E-state index contributed by atoms with van der Waals surface area (Å²) in [6, 6.07) is 3.92. The molecule has 0 saturated heterocycles. The Labute approximate surface area is 85.9 Å². The van der Waals surface area contributed by atoms with Crippen LogP contribution in [0.2, 0.25) is 6.32 Å². The molecule has 0 aromatic carbocycles. The molecule has 0 aliphatic rings. The summed E-state index contributed by atoms with van der Waals surface area (Å²) in [7, 11) is 5.51. The van der Waals surface area contributed by atoms with Crippen molar-refractivity contribution in [1.82, 2.24) is 4.98 Å². The lowest BCUT2D eigenvalue weighted by Crippen LogP contribution is -2.09. The highest BCUT2D eigenvalue weighted by Gasteiger charge is 2.08. The summed E-state index contributed by atoms with van der Waals surface area (Å²) >= 11 is 0. The van der Waals surface area contributed by atoms with Crippen LogP contribution in [-0.4, -0.2) is 18.7 Å². The van der Waals surface area contributed by atoms with Crippen LogP contribution in [0.25, 0.3) is 0 Å². The second kappa shape index (κ2) is 5.42. The van der Waals surface area contributed by atoms with Crippen LogP contribution in [0, 0.1) is 0 Å². The van der Waals surface area contributed by atoms with E-state index in [1.54, 1.807) is 19.3 Å². The smallest absolute Gasteiger partial charge is 0.0913 e. The van der Waals surface area contributed by atoms with Crippen LogP contribution in [0.5, 0.6) is 0 Å². The van der Waals surface area contributed by atoms with Crippen molar-refractivity contribution in [3.8, 4) is 0 Å². The lowest BCUT2D eigenvalue weighted by molar-refractivity contribution is 0.696. The number of pyridine rings is 1. The Balaban J connectivity index is 2.83. The van der Waals surface area contributed by atoms with E-state index in [9.17, 15) is 0 Å². The fourth-order valence-corrected chi connectivity index (χ4v) is 1.28. The number of amidine groups is 1. The van der Waals surface area contributed by atoms with Gasteiger partial charge in [0.2, 0.25) is 0 Å². The molecule has 1 aromatic heterocycles. The number of aromatic nitrogens is 1. The molecule has 4 heteroatoms. The highest BCUT2D eigenvalue weighted by Crippen LogP contribution is 2.21. The van der Waals surface area contributed by atoms with Crippen LogP contribution in [0.1, 0.15) is 24.9 Å². The molecule has 2 N–H and O–H groups in total. The number of aliphatic imine (C=N–C) groups is 1. The van der Waals surface area contributed by atoms with E-state index in [2.05, 4.69) is 9.98 Å². The highest BCUT2D eigenvalue weighted by atomic mass is 14.9. The third kappa shape index (κ3) is 3.20. The largest absolute Gasteiger partial charge is 0.388 e. The minimum Gasteiger partial charge on any atom is -0.388 e. The molecule has 72 valence electrons. The Morgan fingerprint density at radius 3 is 3.00 bits per heavy atom. The van der Waals surface area contributed by atoms with Gasteiger partial charge in [0.15, 0.2) is 0 Å². The van der Waals surface area contributed by atoms with Gasteiger partial charge in [-0.15, -0.1) is 0 Å². The zero-order chi connectivity index (χ0) is 10.4. The second-order valence-electron chi connectivity index (χ2n) is 3.15. The van der Waals surface area contributed by atoms with Crippen molar-refractivity contribution in [1.29, 1.82) is 0 Å². The monoisotopic (exact) mass is 187 g/mol. The van der Waals surface area contributed by atoms with Crippen LogP contribution in [0.15, 0.2) is 29.5 Å². The Morgan fingerprint density at radius 1 is 1.71 bits per heavy atom. The molecule has 0 spiro atoms. The van der Waals surface area contributed by atoms with Crippen LogP contribution in [-0.2, 0) is 0 Å². The van der Waals surface area contributed by atoms with E-state index < -0.39 is 0 Å². The van der Waals surface area contributed by atoms with Gasteiger partial charge in [0.05, 0.1) is 19.7 Å². The van der Waals surface area contributed by atoms with E-state index in [1.807, 2.05) is 12.1 Å². The molecular formula is C10H14BN3. The molecule has 0 aliphatic carbocycles. The number of hydrogen-bond donors (Lipinski definition) is 1. The molecule has 2 radical (unpaired) electrons. The topological polar surface area (TPSA) is 51.3 Å². The lowest BCUT2D eigenvalue weighted by atomic mass is 9.95. The van der Waals surface area contributed by atoms with Crippen LogP contribution in [0.4, 0.5) is 0 Å². The number of nitrogens with two attached hydrogens (primary N) is 1. The van der Waals surface area contributed by atoms with E-state index in [4.69, 9.17) is 13.6 Å². The fourth-order valence-electron chi connectivity index (χ4n) is 1.28. The highest BCUT2D eigenvalue weighted by molar-refractivity contribution is 6.08. The quantitative estimate of drug-likeness (QED) is 0.440. The Bertz CT molecular complexity index is 293. The average Bonchev–Trinajstić information content (AvgIpc) is 2.18. The first kappa shape index (κ1) is 10.8. The zero-order valence-corrected chi connectivity index (χ0v) is 8.35. The first-order chi connectivity index (χ1) is 6.74. The van der Waals surface area contributed by atoms with Crippen molar-refractivity contribution in [2.45, 2.75) is 25.7 Å². The summed E-state index contributed by atoms with van der Waals surface area (Å²) in [6.45, 7) is 1.78. The van der Waals surface area contributed by atoms with Crippen molar-refractivity contribution < 1.29 is 0 Å². The first-order valence-corrected chi connectivity index (χ1v) is 4.64. The van der Waals surface area contributed by atoms with Gasteiger partial charge in [-0.3, -0.25) is 9.98 Å². The summed E-state index contributed by atoms with van der Waals surface area (Å²) in [6.07, 6.45) is 4.92. The van der Waals surface area contributed by atoms with Gasteiger partial charge in [-0.05, 0) is 25.0 Å². The molecule has 1 aromatic rings. The fraction of sp³-hybridized carbons (Fsp3) is 0.400. The van der Waals surface area contributed by atoms with Crippen LogP contribution in [0.3, 0.4) is 0 Å². The minimum atomic E-state index is 0.0405. The van der Waals surface area contributed by atoms with Crippen LogP contribution >= 0.6 is 0 Å². The summed E-state index contributed by atoms with van der Waals surface area (Å²) < 4.78 is 0. The Kier molecular flexibility index (Phi) is 4.17. The lowest BCUT2D eigenvalue weighted by Gasteiger charge is -2.11. The van der Waals surface area contributed by atoms with Crippen molar-refractivity contribution in [3.05, 3.63) is 30.1 Å². The molecule has 0 bridgehead atoms. The maximum absolute atomic E-state index is 5.55. The minimum absolute atomic E-state index is 0.0405. The van der Waals surface area contributed by atoms with Gasteiger partial charge in [-0.1, -0.05) is 12.4 Å². The molecule has 1 rings (SSSR count). The number of rotatable bonds is 4. The van der Waals surface area contributed by atoms with Crippen molar-refractivity contribution >= 4 is 13.7 Å². The predicted molar refractivity (Wildman–Crippen MR) is 59.5 cm³/mol. The predicted octanol–water partition coefficient (Wildman–Crippen LogP) is 1.48. The Morgan fingerprint density at radius 2 is 2.50 bits per heavy atom. The first-order valence-electron chi connectivity index (χ1n) is 4.64. The summed E-state index contributed by atoms with van der Waals surface area (Å²) in [5.74, 6) is 0.576. The molecule has 0 saturated carbocycles. The van der Waals surface area contributed by atoms with Crippen molar-refractivity contribution in [2.24, 2.45) is 10.7 Å². The average molecular weight is 187 g/mol. The third-order valence-electron chi connectivity index (χ3n) is 1.87. The molecular weight excluding hydrogens is 173 g/mol. The summed E-state index contributed by atoms with van der Waals surface area (Å²) in [4.78, 5) is 8.36. The number of hydrogen-bond acceptors (Lipinski definition) is 2. The van der Waals surface area contributed by atoms with Gasteiger partial charge >= 0.3 is 0 Å². The van der Waals surface area contributed by atoms with E-state index in [0.717, 1.165) is 12.0 Å². The van der Waals surface area contributed by atoms with Gasteiger partial charge in [0.1, 0.15) is 0 Å². The second-order valence-corrected chi connectivity index (χ2v) is 3.15. The Hall–Kier alpha value is -1.32. The molecule has 14 heavy (non-hydrogen) atoms. The van der Waals surface area contributed by atoms with Gasteiger partial charge in [-0.2, -0.15) is 0 Å². The van der Waals surface area contributed by atoms with E-state index in [-0.39, 0.29) is 6.04 Å². The molecule has 1 atom stereocenters. The zero-order valence-electron chi connectivity index (χ0n) is 8.35. The normalized spacial score (nSPS) is 13.9. The molecule has 3 nitrogen and oxygen atoms in total. The summed E-state index contributed by atoms with van der Waals surface area (Å²) in [5.41, 5.74) is 6.61. The van der Waals surface area contributed by atoms with E-state index >= 15 is 0 Å². The van der Waals surface area contributed by atoms with E-state index in [0.29, 0.717) is 12.2 Å². The number of nitrogens with zero attached hydrogens (tertiary/aromatic N) is 2. The van der Waals surface area contributed by atoms with Crippen LogP contribution < -0.4 is 5.73 Å². The summed E-state index contributed by atoms with van der Waals surface area (Å²) in [5, 5.41) is 0. The van der Waals surface area contributed by atoms with Gasteiger partial charge < -0.3 is 5.73 Å². The van der Waals surface area contributed by atoms with Gasteiger partial charge in [0, 0.05) is 12.4 Å². The molecule has 0 aliphatic heterocycles. The maximum atomic E-state index is 5.55. The van der Waals surface area contributed by atoms with E-state index in [1.165, 1.54) is 0 Å². The molecule has 0 amide bonds.